The van der Waals surface area contributed by atoms with Crippen LogP contribution < -0.4 is 14.8 Å². The van der Waals surface area contributed by atoms with E-state index < -0.39 is 0 Å². The Kier molecular flexibility index (Phi) is 5.22. The van der Waals surface area contributed by atoms with E-state index in [1.165, 1.54) is 5.56 Å². The first kappa shape index (κ1) is 15.4. The molecule has 2 rings (SSSR count). The third-order valence-corrected chi connectivity index (χ3v) is 3.45. The van der Waals surface area contributed by atoms with Crippen molar-refractivity contribution in [1.82, 2.24) is 15.1 Å². The molecule has 2 aromatic rings. The molecule has 0 saturated heterocycles. The largest absolute Gasteiger partial charge is 0.497 e. The Morgan fingerprint density at radius 3 is 2.57 bits per heavy atom. The third-order valence-electron chi connectivity index (χ3n) is 3.45. The van der Waals surface area contributed by atoms with Crippen molar-refractivity contribution >= 4 is 0 Å². The molecule has 0 amide bonds. The van der Waals surface area contributed by atoms with Crippen molar-refractivity contribution in [2.45, 2.75) is 26.4 Å². The zero-order valence-corrected chi connectivity index (χ0v) is 13.1. The van der Waals surface area contributed by atoms with Crippen molar-refractivity contribution in [1.29, 1.82) is 0 Å². The first-order chi connectivity index (χ1) is 10.2. The summed E-state index contributed by atoms with van der Waals surface area (Å²) in [6.07, 6.45) is 3.01. The van der Waals surface area contributed by atoms with Gasteiger partial charge in [0.05, 0.1) is 19.9 Å². The molecule has 1 heterocycles. The smallest absolute Gasteiger partial charge is 0.127 e. The monoisotopic (exact) mass is 289 g/mol. The van der Waals surface area contributed by atoms with E-state index in [1.54, 1.807) is 14.2 Å². The number of rotatable bonds is 7. The fraction of sp³-hybridized carbons (Fsp3) is 0.438. The van der Waals surface area contributed by atoms with Crippen molar-refractivity contribution in [2.75, 3.05) is 14.2 Å². The lowest BCUT2D eigenvalue weighted by atomic mass is 10.1. The molecule has 114 valence electrons. The number of methoxy groups -OCH3 is 2. The van der Waals surface area contributed by atoms with Gasteiger partial charge in [-0.05, 0) is 12.5 Å². The SMILES string of the molecule is CCc1nn(C)cc1CNCc1ccc(OC)cc1OC. The highest BCUT2D eigenvalue weighted by Gasteiger charge is 2.07. The van der Waals surface area contributed by atoms with Gasteiger partial charge in [-0.25, -0.2) is 0 Å². The highest BCUT2D eigenvalue weighted by molar-refractivity contribution is 5.40. The minimum absolute atomic E-state index is 0.741. The topological polar surface area (TPSA) is 48.3 Å². The van der Waals surface area contributed by atoms with Crippen LogP contribution in [0.3, 0.4) is 0 Å². The molecule has 0 atom stereocenters. The summed E-state index contributed by atoms with van der Waals surface area (Å²) >= 11 is 0. The van der Waals surface area contributed by atoms with Gasteiger partial charge < -0.3 is 14.8 Å². The van der Waals surface area contributed by atoms with Crippen LogP contribution in [-0.4, -0.2) is 24.0 Å². The van der Waals surface area contributed by atoms with Gasteiger partial charge in [0.15, 0.2) is 0 Å². The van der Waals surface area contributed by atoms with Crippen LogP contribution in [0.2, 0.25) is 0 Å². The zero-order valence-electron chi connectivity index (χ0n) is 13.1. The molecule has 0 radical (unpaired) electrons. The second-order valence-electron chi connectivity index (χ2n) is 4.91. The van der Waals surface area contributed by atoms with Crippen molar-refractivity contribution in [3.05, 3.63) is 41.2 Å². The summed E-state index contributed by atoms with van der Waals surface area (Å²) in [4.78, 5) is 0. The molecule has 1 aromatic carbocycles. The number of nitrogens with one attached hydrogen (secondary N) is 1. The first-order valence-corrected chi connectivity index (χ1v) is 7.11. The van der Waals surface area contributed by atoms with E-state index in [9.17, 15) is 0 Å². The highest BCUT2D eigenvalue weighted by atomic mass is 16.5. The predicted molar refractivity (Wildman–Crippen MR) is 82.7 cm³/mol. The van der Waals surface area contributed by atoms with Gasteiger partial charge in [-0.2, -0.15) is 5.10 Å². The molecule has 0 saturated carbocycles. The van der Waals surface area contributed by atoms with Crippen LogP contribution in [0.25, 0.3) is 0 Å². The Hall–Kier alpha value is -2.01. The van der Waals surface area contributed by atoms with Crippen LogP contribution in [0.1, 0.15) is 23.7 Å². The van der Waals surface area contributed by atoms with Gasteiger partial charge in [0.2, 0.25) is 0 Å². The number of aryl methyl sites for hydroxylation is 2. The number of nitrogens with zero attached hydrogens (tertiary/aromatic N) is 2. The fourth-order valence-corrected chi connectivity index (χ4v) is 2.36. The molecule has 0 fully saturated rings. The van der Waals surface area contributed by atoms with Crippen molar-refractivity contribution < 1.29 is 9.47 Å². The molecule has 1 aromatic heterocycles. The van der Waals surface area contributed by atoms with Crippen LogP contribution in [0.4, 0.5) is 0 Å². The summed E-state index contributed by atoms with van der Waals surface area (Å²) in [6, 6.07) is 5.87. The third kappa shape index (κ3) is 3.76. The molecule has 0 aliphatic rings. The number of benzene rings is 1. The molecule has 0 aliphatic carbocycles. The normalized spacial score (nSPS) is 10.7. The molecule has 0 unspecified atom stereocenters. The Labute approximate surface area is 125 Å². The van der Waals surface area contributed by atoms with E-state index in [0.717, 1.165) is 42.3 Å². The minimum Gasteiger partial charge on any atom is -0.497 e. The number of hydrogen-bond donors (Lipinski definition) is 1. The lowest BCUT2D eigenvalue weighted by Gasteiger charge is -2.11. The molecule has 5 heteroatoms. The maximum absolute atomic E-state index is 5.40. The van der Waals surface area contributed by atoms with Gasteiger partial charge in [0, 0.05) is 43.5 Å². The maximum atomic E-state index is 5.40. The van der Waals surface area contributed by atoms with E-state index in [-0.39, 0.29) is 0 Å². The molecule has 5 nitrogen and oxygen atoms in total. The van der Waals surface area contributed by atoms with Gasteiger partial charge in [0.1, 0.15) is 11.5 Å². The first-order valence-electron chi connectivity index (χ1n) is 7.11. The lowest BCUT2D eigenvalue weighted by molar-refractivity contribution is 0.390. The van der Waals surface area contributed by atoms with Crippen LogP contribution in [0, 0.1) is 0 Å². The molecular weight excluding hydrogens is 266 g/mol. The summed E-state index contributed by atoms with van der Waals surface area (Å²) in [5.74, 6) is 1.64. The lowest BCUT2D eigenvalue weighted by Crippen LogP contribution is -2.14. The van der Waals surface area contributed by atoms with E-state index in [2.05, 4.69) is 23.5 Å². The van der Waals surface area contributed by atoms with Crippen LogP contribution in [-0.2, 0) is 26.6 Å². The van der Waals surface area contributed by atoms with Gasteiger partial charge in [-0.15, -0.1) is 0 Å². The zero-order chi connectivity index (χ0) is 15.2. The van der Waals surface area contributed by atoms with Gasteiger partial charge in [-0.3, -0.25) is 4.68 Å². The average Bonchev–Trinajstić information content (AvgIpc) is 2.87. The van der Waals surface area contributed by atoms with Crippen LogP contribution in [0.15, 0.2) is 24.4 Å². The minimum atomic E-state index is 0.741. The highest BCUT2D eigenvalue weighted by Crippen LogP contribution is 2.24. The van der Waals surface area contributed by atoms with Crippen molar-refractivity contribution in [2.24, 2.45) is 7.05 Å². The van der Waals surface area contributed by atoms with E-state index in [0.29, 0.717) is 0 Å². The van der Waals surface area contributed by atoms with Crippen LogP contribution >= 0.6 is 0 Å². The molecule has 21 heavy (non-hydrogen) atoms. The number of ether oxygens (including phenoxy) is 2. The van der Waals surface area contributed by atoms with Crippen molar-refractivity contribution in [3.63, 3.8) is 0 Å². The van der Waals surface area contributed by atoms with Crippen molar-refractivity contribution in [3.8, 4) is 11.5 Å². The summed E-state index contributed by atoms with van der Waals surface area (Å²) < 4.78 is 12.5. The summed E-state index contributed by atoms with van der Waals surface area (Å²) in [5, 5.41) is 7.89. The second kappa shape index (κ2) is 7.13. The number of hydrogen-bond acceptors (Lipinski definition) is 4. The Balaban J connectivity index is 1.99. The Bertz CT molecular complexity index is 593. The Morgan fingerprint density at radius 2 is 1.90 bits per heavy atom. The summed E-state index contributed by atoms with van der Waals surface area (Å²) in [6.45, 7) is 3.66. The van der Waals surface area contributed by atoms with E-state index in [1.807, 2.05) is 29.9 Å². The average molecular weight is 289 g/mol. The summed E-state index contributed by atoms with van der Waals surface area (Å²) in [7, 11) is 5.28. The predicted octanol–water partition coefficient (Wildman–Crippen LogP) is 2.29. The van der Waals surface area contributed by atoms with Crippen LogP contribution in [0.5, 0.6) is 11.5 Å². The molecule has 0 aliphatic heterocycles. The maximum Gasteiger partial charge on any atom is 0.127 e. The van der Waals surface area contributed by atoms with Gasteiger partial charge >= 0.3 is 0 Å². The van der Waals surface area contributed by atoms with E-state index >= 15 is 0 Å². The van der Waals surface area contributed by atoms with E-state index in [4.69, 9.17) is 9.47 Å². The number of aromatic nitrogens is 2. The second-order valence-corrected chi connectivity index (χ2v) is 4.91. The quantitative estimate of drug-likeness (QED) is 0.849. The fourth-order valence-electron chi connectivity index (χ4n) is 2.36. The van der Waals surface area contributed by atoms with Gasteiger partial charge in [0.25, 0.3) is 0 Å². The molecule has 1 N–H and O–H groups in total. The molecule has 0 spiro atoms. The van der Waals surface area contributed by atoms with Gasteiger partial charge in [-0.1, -0.05) is 13.0 Å². The summed E-state index contributed by atoms with van der Waals surface area (Å²) in [5.41, 5.74) is 3.50. The molecular formula is C16H23N3O2. The molecule has 0 bridgehead atoms. The standard InChI is InChI=1S/C16H23N3O2/c1-5-15-13(11-19(2)18-15)10-17-9-12-6-7-14(20-3)8-16(12)21-4/h6-8,11,17H,5,9-10H2,1-4H3. The Morgan fingerprint density at radius 1 is 1.14 bits per heavy atom.